The first-order chi connectivity index (χ1) is 20.5. The van der Waals surface area contributed by atoms with Crippen LogP contribution in [0.2, 0.25) is 0 Å². The lowest BCUT2D eigenvalue weighted by Crippen LogP contribution is -2.47. The minimum Gasteiger partial charge on any atom is -0.489 e. The van der Waals surface area contributed by atoms with E-state index in [-0.39, 0.29) is 36.2 Å². The van der Waals surface area contributed by atoms with Crippen LogP contribution in [0.1, 0.15) is 36.9 Å². The molecule has 226 valence electrons. The molecule has 0 radical (unpaired) electrons. The van der Waals surface area contributed by atoms with Crippen LogP contribution >= 0.6 is 0 Å². The lowest BCUT2D eigenvalue weighted by Gasteiger charge is -2.38. The topological polar surface area (TPSA) is 87.2 Å². The number of fused-ring (bicyclic) bond motifs is 3. The number of methoxy groups -OCH3 is 1. The van der Waals surface area contributed by atoms with Crippen LogP contribution in [0.4, 0.5) is 5.69 Å². The maximum absolute atomic E-state index is 13.3. The number of benzene rings is 1. The number of aromatic nitrogens is 1. The smallest absolute Gasteiger partial charge is 0.236 e. The number of carbonyl (C=O) groups excluding carboxylic acids is 2. The number of rotatable bonds is 8. The second kappa shape index (κ2) is 14.6. The fourth-order valence-corrected chi connectivity index (χ4v) is 6.42. The minimum absolute atomic E-state index is 0.100. The summed E-state index contributed by atoms with van der Waals surface area (Å²) in [5.74, 6) is 1.45. The Morgan fingerprint density at radius 3 is 2.93 bits per heavy atom. The third-order valence-corrected chi connectivity index (χ3v) is 8.88. The monoisotopic (exact) mass is 575 g/mol. The van der Waals surface area contributed by atoms with E-state index < -0.39 is 0 Å². The second-order valence-corrected chi connectivity index (χ2v) is 11.7. The fraction of sp³-hybridized carbons (Fsp3) is 0.545. The summed E-state index contributed by atoms with van der Waals surface area (Å²) in [5.41, 5.74) is 3.19. The summed E-state index contributed by atoms with van der Waals surface area (Å²) in [4.78, 5) is 37.1. The third-order valence-electron chi connectivity index (χ3n) is 8.88. The number of likely N-dealkylation sites (tertiary alicyclic amines) is 1. The standard InChI is InChI=1S/C33H45N5O4/c1-36(16-13-28-8-3-4-14-35-28)29-10-11-31-27(19-29)21-34-22-33(40)37-17-12-25(26(23-37)7-6-18-42-31)20-32(39)38-15-5-9-30(38)24-41-2/h3-4,6-8,10-11,14,19,25-26,30,34H,5,9,12-13,15-18,20-24H2,1-2H3/b7-6+/t25-,26-,30+/m0/s1. The van der Waals surface area contributed by atoms with E-state index in [1.807, 2.05) is 40.3 Å². The van der Waals surface area contributed by atoms with Crippen molar-refractivity contribution in [2.75, 3.05) is 65.0 Å². The molecule has 0 aliphatic carbocycles. The van der Waals surface area contributed by atoms with Gasteiger partial charge in [-0.2, -0.15) is 0 Å². The van der Waals surface area contributed by atoms with Gasteiger partial charge in [0.15, 0.2) is 0 Å². The Morgan fingerprint density at radius 1 is 1.19 bits per heavy atom. The normalized spacial score (nSPS) is 23.7. The summed E-state index contributed by atoms with van der Waals surface area (Å²) in [6.45, 7) is 4.82. The Hall–Kier alpha value is -3.43. The molecule has 0 spiro atoms. The quantitative estimate of drug-likeness (QED) is 0.484. The molecule has 1 N–H and O–H groups in total. The average molecular weight is 576 g/mol. The molecule has 3 atom stereocenters. The predicted molar refractivity (Wildman–Crippen MR) is 163 cm³/mol. The van der Waals surface area contributed by atoms with Crippen molar-refractivity contribution in [2.24, 2.45) is 11.8 Å². The van der Waals surface area contributed by atoms with Crippen molar-refractivity contribution in [3.05, 3.63) is 66.0 Å². The Labute approximate surface area is 249 Å². The van der Waals surface area contributed by atoms with E-state index in [9.17, 15) is 9.59 Å². The van der Waals surface area contributed by atoms with Gasteiger partial charge >= 0.3 is 0 Å². The van der Waals surface area contributed by atoms with E-state index in [0.29, 0.717) is 39.3 Å². The lowest BCUT2D eigenvalue weighted by molar-refractivity contribution is -0.135. The number of ether oxygens (including phenoxy) is 2. The number of hydrogen-bond acceptors (Lipinski definition) is 7. The largest absolute Gasteiger partial charge is 0.489 e. The highest BCUT2D eigenvalue weighted by Gasteiger charge is 2.35. The van der Waals surface area contributed by atoms with Crippen LogP contribution in [0.3, 0.4) is 0 Å². The van der Waals surface area contributed by atoms with Crippen LogP contribution in [0.15, 0.2) is 54.7 Å². The molecule has 2 saturated heterocycles. The first-order valence-electron chi connectivity index (χ1n) is 15.3. The number of anilines is 1. The van der Waals surface area contributed by atoms with Gasteiger partial charge in [0.25, 0.3) is 0 Å². The number of likely N-dealkylation sites (N-methyl/N-ethyl adjacent to an activating group) is 1. The van der Waals surface area contributed by atoms with Crippen molar-refractivity contribution in [1.82, 2.24) is 20.1 Å². The molecule has 42 heavy (non-hydrogen) atoms. The van der Waals surface area contributed by atoms with E-state index in [1.165, 1.54) is 0 Å². The number of pyridine rings is 1. The number of nitrogens with one attached hydrogen (secondary N) is 1. The molecule has 3 aliphatic rings. The third kappa shape index (κ3) is 7.69. The number of amides is 2. The highest BCUT2D eigenvalue weighted by atomic mass is 16.5. The summed E-state index contributed by atoms with van der Waals surface area (Å²) in [6, 6.07) is 12.4. The number of hydrogen-bond donors (Lipinski definition) is 1. The molecule has 2 aromatic rings. The minimum atomic E-state index is 0.100. The molecular formula is C33H45N5O4. The Kier molecular flexibility index (Phi) is 10.5. The molecular weight excluding hydrogens is 530 g/mol. The van der Waals surface area contributed by atoms with Crippen LogP contribution in [0.5, 0.6) is 5.75 Å². The molecule has 9 heteroatoms. The molecule has 4 heterocycles. The zero-order valence-electron chi connectivity index (χ0n) is 25.0. The van der Waals surface area contributed by atoms with Crippen LogP contribution < -0.4 is 15.0 Å². The van der Waals surface area contributed by atoms with Crippen molar-refractivity contribution >= 4 is 17.5 Å². The molecule has 5 rings (SSSR count). The fourth-order valence-electron chi connectivity index (χ4n) is 6.42. The zero-order valence-corrected chi connectivity index (χ0v) is 25.0. The Balaban J connectivity index is 1.24. The van der Waals surface area contributed by atoms with Gasteiger partial charge in [0, 0.05) is 82.9 Å². The van der Waals surface area contributed by atoms with Gasteiger partial charge in [-0.1, -0.05) is 18.2 Å². The average Bonchev–Trinajstić information content (AvgIpc) is 3.48. The number of nitrogens with zero attached hydrogens (tertiary/aromatic N) is 4. The first-order valence-corrected chi connectivity index (χ1v) is 15.3. The van der Waals surface area contributed by atoms with Crippen molar-refractivity contribution in [3.63, 3.8) is 0 Å². The van der Waals surface area contributed by atoms with Gasteiger partial charge in [-0.25, -0.2) is 0 Å². The summed E-state index contributed by atoms with van der Waals surface area (Å²) >= 11 is 0. The van der Waals surface area contributed by atoms with Crippen LogP contribution in [-0.4, -0.2) is 92.7 Å². The lowest BCUT2D eigenvalue weighted by atomic mass is 9.82. The second-order valence-electron chi connectivity index (χ2n) is 11.7. The van der Waals surface area contributed by atoms with E-state index in [4.69, 9.17) is 9.47 Å². The van der Waals surface area contributed by atoms with Crippen molar-refractivity contribution in [2.45, 2.75) is 44.7 Å². The van der Waals surface area contributed by atoms with Crippen molar-refractivity contribution in [1.29, 1.82) is 0 Å². The van der Waals surface area contributed by atoms with Gasteiger partial charge in [-0.3, -0.25) is 14.6 Å². The van der Waals surface area contributed by atoms with E-state index in [0.717, 1.165) is 61.5 Å². The zero-order chi connectivity index (χ0) is 29.3. The van der Waals surface area contributed by atoms with Crippen LogP contribution in [0, 0.1) is 11.8 Å². The van der Waals surface area contributed by atoms with Crippen LogP contribution in [0.25, 0.3) is 0 Å². The van der Waals surface area contributed by atoms with Gasteiger partial charge in [-0.15, -0.1) is 0 Å². The summed E-state index contributed by atoms with van der Waals surface area (Å²) < 4.78 is 11.6. The van der Waals surface area contributed by atoms with E-state index in [2.05, 4.69) is 46.5 Å². The molecule has 1 aromatic carbocycles. The van der Waals surface area contributed by atoms with Gasteiger partial charge in [0.05, 0.1) is 19.2 Å². The van der Waals surface area contributed by atoms with Crippen molar-refractivity contribution in [3.8, 4) is 5.75 Å². The molecule has 2 fully saturated rings. The molecule has 2 amide bonds. The molecule has 0 saturated carbocycles. The van der Waals surface area contributed by atoms with Gasteiger partial charge < -0.3 is 29.5 Å². The van der Waals surface area contributed by atoms with Crippen LogP contribution in [-0.2, 0) is 27.3 Å². The summed E-state index contributed by atoms with van der Waals surface area (Å²) in [5, 5.41) is 3.36. The number of carbonyl (C=O) groups is 2. The maximum atomic E-state index is 13.3. The maximum Gasteiger partial charge on any atom is 0.236 e. The molecule has 0 unspecified atom stereocenters. The first kappa shape index (κ1) is 30.0. The van der Waals surface area contributed by atoms with Crippen molar-refractivity contribution < 1.29 is 19.1 Å². The number of piperidine rings is 1. The van der Waals surface area contributed by atoms with Gasteiger partial charge in [0.1, 0.15) is 12.4 Å². The van der Waals surface area contributed by atoms with E-state index in [1.54, 1.807) is 7.11 Å². The summed E-state index contributed by atoms with van der Waals surface area (Å²) in [7, 11) is 3.78. The SMILES string of the molecule is COC[C@H]1CCCN1C(=O)C[C@@H]1CCN2C[C@@H]1/C=C/COc1ccc(N(C)CCc3ccccn3)cc1CNCC2=O. The highest BCUT2D eigenvalue weighted by Crippen LogP contribution is 2.31. The molecule has 1 aromatic heterocycles. The molecule has 2 bridgehead atoms. The summed E-state index contributed by atoms with van der Waals surface area (Å²) in [6.07, 6.45) is 10.3. The Bertz CT molecular complexity index is 1220. The van der Waals surface area contributed by atoms with Gasteiger partial charge in [-0.05, 0) is 61.4 Å². The van der Waals surface area contributed by atoms with E-state index >= 15 is 0 Å². The molecule has 3 aliphatic heterocycles. The van der Waals surface area contributed by atoms with Gasteiger partial charge in [0.2, 0.25) is 11.8 Å². The Morgan fingerprint density at radius 2 is 2.10 bits per heavy atom. The highest BCUT2D eigenvalue weighted by molar-refractivity contribution is 5.79. The predicted octanol–water partition coefficient (Wildman–Crippen LogP) is 3.29. The molecule has 9 nitrogen and oxygen atoms in total.